The summed E-state index contributed by atoms with van der Waals surface area (Å²) in [5, 5.41) is 0. The summed E-state index contributed by atoms with van der Waals surface area (Å²) in [5.74, 6) is 0.490. The van der Waals surface area contributed by atoms with Gasteiger partial charge in [-0.05, 0) is 62.2 Å². The Morgan fingerprint density at radius 1 is 1.21 bits per heavy atom. The van der Waals surface area contributed by atoms with Crippen molar-refractivity contribution in [1.82, 2.24) is 4.57 Å². The molecule has 24 heavy (non-hydrogen) atoms. The maximum atomic E-state index is 12.5. The summed E-state index contributed by atoms with van der Waals surface area (Å²) in [4.78, 5) is 17.6. The highest BCUT2D eigenvalue weighted by Gasteiger charge is 2.10. The largest absolute Gasteiger partial charge is 0.497 e. The predicted octanol–water partition coefficient (Wildman–Crippen LogP) is 4.09. The van der Waals surface area contributed by atoms with Gasteiger partial charge in [0.05, 0.1) is 17.3 Å². The lowest BCUT2D eigenvalue weighted by molar-refractivity contribution is 0.0998. The smallest absolute Gasteiger partial charge is 0.279 e. The van der Waals surface area contributed by atoms with Crippen molar-refractivity contribution in [3.63, 3.8) is 0 Å². The number of aryl methyl sites for hydroxylation is 3. The summed E-state index contributed by atoms with van der Waals surface area (Å²) < 4.78 is 8.41. The van der Waals surface area contributed by atoms with Gasteiger partial charge in [-0.15, -0.1) is 0 Å². The summed E-state index contributed by atoms with van der Waals surface area (Å²) in [6.07, 6.45) is 0. The summed E-state index contributed by atoms with van der Waals surface area (Å²) in [6, 6.07) is 11.3. The molecule has 3 rings (SSSR count). The third-order valence-corrected chi connectivity index (χ3v) is 5.19. The number of carbonyl (C=O) groups excluding carboxylic acids is 1. The lowest BCUT2D eigenvalue weighted by Gasteiger charge is -2.03. The standard InChI is InChI=1S/C19H20N2O2S/c1-5-21-16-11-12(2)10-13(3)17(16)24-19(21)20-18(22)14-6-8-15(23-4)9-7-14/h6-11H,5H2,1-4H3. The molecule has 5 heteroatoms. The van der Waals surface area contributed by atoms with Crippen LogP contribution in [-0.4, -0.2) is 17.6 Å². The molecule has 0 saturated carbocycles. The number of hydrogen-bond donors (Lipinski definition) is 0. The van der Waals surface area contributed by atoms with Crippen molar-refractivity contribution in [2.24, 2.45) is 4.99 Å². The molecule has 0 aliphatic rings. The maximum absolute atomic E-state index is 12.5. The molecule has 0 aliphatic carbocycles. The number of thiazole rings is 1. The van der Waals surface area contributed by atoms with Crippen LogP contribution in [0.1, 0.15) is 28.4 Å². The van der Waals surface area contributed by atoms with Crippen LogP contribution in [0.25, 0.3) is 10.2 Å². The minimum Gasteiger partial charge on any atom is -0.497 e. The topological polar surface area (TPSA) is 43.6 Å². The lowest BCUT2D eigenvalue weighted by atomic mass is 10.1. The fourth-order valence-electron chi connectivity index (χ4n) is 2.79. The van der Waals surface area contributed by atoms with Crippen LogP contribution in [0, 0.1) is 13.8 Å². The number of carbonyl (C=O) groups is 1. The van der Waals surface area contributed by atoms with Crippen LogP contribution >= 0.6 is 11.3 Å². The summed E-state index contributed by atoms with van der Waals surface area (Å²) >= 11 is 1.57. The van der Waals surface area contributed by atoms with Crippen molar-refractivity contribution in [2.75, 3.05) is 7.11 Å². The Labute approximate surface area is 145 Å². The van der Waals surface area contributed by atoms with E-state index in [1.54, 1.807) is 42.7 Å². The van der Waals surface area contributed by atoms with Crippen molar-refractivity contribution in [1.29, 1.82) is 0 Å². The van der Waals surface area contributed by atoms with Gasteiger partial charge < -0.3 is 9.30 Å². The van der Waals surface area contributed by atoms with Crippen LogP contribution in [0.3, 0.4) is 0 Å². The molecule has 0 fully saturated rings. The van der Waals surface area contributed by atoms with Crippen LogP contribution in [-0.2, 0) is 6.54 Å². The second-order valence-corrected chi connectivity index (χ2v) is 6.68. The van der Waals surface area contributed by atoms with Gasteiger partial charge in [0.2, 0.25) is 0 Å². The number of benzene rings is 2. The van der Waals surface area contributed by atoms with E-state index in [0.29, 0.717) is 5.56 Å². The summed E-state index contributed by atoms with van der Waals surface area (Å²) in [7, 11) is 1.60. The highest BCUT2D eigenvalue weighted by molar-refractivity contribution is 7.16. The number of aromatic nitrogens is 1. The van der Waals surface area contributed by atoms with E-state index in [1.807, 2.05) is 0 Å². The van der Waals surface area contributed by atoms with Gasteiger partial charge in [0.25, 0.3) is 5.91 Å². The molecule has 0 unspecified atom stereocenters. The Kier molecular flexibility index (Phi) is 4.53. The lowest BCUT2D eigenvalue weighted by Crippen LogP contribution is -2.15. The SMILES string of the molecule is CCn1c(=NC(=O)c2ccc(OC)cc2)sc2c(C)cc(C)cc21. The number of amides is 1. The van der Waals surface area contributed by atoms with Crippen molar-refractivity contribution in [3.05, 3.63) is 57.9 Å². The molecular formula is C19H20N2O2S. The molecule has 0 spiro atoms. The minimum absolute atomic E-state index is 0.235. The predicted molar refractivity (Wildman–Crippen MR) is 97.9 cm³/mol. The van der Waals surface area contributed by atoms with Crippen LogP contribution in [0.4, 0.5) is 0 Å². The van der Waals surface area contributed by atoms with Gasteiger partial charge in [0.1, 0.15) is 5.75 Å². The first kappa shape index (κ1) is 16.5. The molecule has 4 nitrogen and oxygen atoms in total. The second kappa shape index (κ2) is 6.61. The van der Waals surface area contributed by atoms with E-state index in [9.17, 15) is 4.79 Å². The van der Waals surface area contributed by atoms with Crippen LogP contribution in [0.2, 0.25) is 0 Å². The van der Waals surface area contributed by atoms with Crippen LogP contribution < -0.4 is 9.54 Å². The van der Waals surface area contributed by atoms with E-state index in [0.717, 1.165) is 22.6 Å². The Morgan fingerprint density at radius 2 is 1.92 bits per heavy atom. The molecule has 0 bridgehead atoms. The molecule has 1 aromatic heterocycles. The molecule has 0 aliphatic heterocycles. The van der Waals surface area contributed by atoms with Crippen molar-refractivity contribution < 1.29 is 9.53 Å². The van der Waals surface area contributed by atoms with E-state index >= 15 is 0 Å². The van der Waals surface area contributed by atoms with E-state index in [-0.39, 0.29) is 5.91 Å². The zero-order chi connectivity index (χ0) is 17.3. The fraction of sp³-hybridized carbons (Fsp3) is 0.263. The zero-order valence-corrected chi connectivity index (χ0v) is 15.1. The molecule has 124 valence electrons. The normalized spacial score (nSPS) is 11.9. The van der Waals surface area contributed by atoms with Gasteiger partial charge in [0, 0.05) is 12.1 Å². The van der Waals surface area contributed by atoms with E-state index in [2.05, 4.69) is 42.5 Å². The minimum atomic E-state index is -0.235. The number of methoxy groups -OCH3 is 1. The van der Waals surface area contributed by atoms with Crippen LogP contribution in [0.5, 0.6) is 5.75 Å². The first-order valence-corrected chi connectivity index (χ1v) is 8.69. The Hall–Kier alpha value is -2.40. The van der Waals surface area contributed by atoms with Gasteiger partial charge >= 0.3 is 0 Å². The third kappa shape index (κ3) is 2.99. The number of hydrogen-bond acceptors (Lipinski definition) is 3. The number of fused-ring (bicyclic) bond motifs is 1. The molecule has 0 saturated heterocycles. The van der Waals surface area contributed by atoms with Crippen molar-refractivity contribution in [2.45, 2.75) is 27.3 Å². The molecule has 1 amide bonds. The van der Waals surface area contributed by atoms with Crippen LogP contribution in [0.15, 0.2) is 41.4 Å². The highest BCUT2D eigenvalue weighted by Crippen LogP contribution is 2.23. The molecule has 1 heterocycles. The summed E-state index contributed by atoms with van der Waals surface area (Å²) in [5.41, 5.74) is 4.13. The molecule has 0 atom stereocenters. The molecule has 0 N–H and O–H groups in total. The monoisotopic (exact) mass is 340 g/mol. The Bertz CT molecular complexity index is 965. The maximum Gasteiger partial charge on any atom is 0.279 e. The van der Waals surface area contributed by atoms with Crippen molar-refractivity contribution in [3.8, 4) is 5.75 Å². The van der Waals surface area contributed by atoms with Gasteiger partial charge in [-0.3, -0.25) is 4.79 Å². The number of rotatable bonds is 3. The number of nitrogens with zero attached hydrogens (tertiary/aromatic N) is 2. The van der Waals surface area contributed by atoms with Crippen molar-refractivity contribution >= 4 is 27.5 Å². The Morgan fingerprint density at radius 3 is 2.54 bits per heavy atom. The quantitative estimate of drug-likeness (QED) is 0.721. The summed E-state index contributed by atoms with van der Waals surface area (Å²) in [6.45, 7) is 7.03. The van der Waals surface area contributed by atoms with E-state index < -0.39 is 0 Å². The Balaban J connectivity index is 2.11. The van der Waals surface area contributed by atoms with E-state index in [4.69, 9.17) is 4.74 Å². The fourth-order valence-corrected chi connectivity index (χ4v) is 3.93. The van der Waals surface area contributed by atoms with Gasteiger partial charge in [0.15, 0.2) is 4.80 Å². The van der Waals surface area contributed by atoms with Gasteiger partial charge in [-0.25, -0.2) is 0 Å². The van der Waals surface area contributed by atoms with Gasteiger partial charge in [-0.2, -0.15) is 4.99 Å². The van der Waals surface area contributed by atoms with E-state index in [1.165, 1.54) is 15.8 Å². The second-order valence-electron chi connectivity index (χ2n) is 5.70. The third-order valence-electron chi connectivity index (χ3n) is 3.96. The highest BCUT2D eigenvalue weighted by atomic mass is 32.1. The first-order valence-electron chi connectivity index (χ1n) is 7.87. The molecular weight excluding hydrogens is 320 g/mol. The molecule has 3 aromatic rings. The number of ether oxygens (including phenoxy) is 1. The zero-order valence-electron chi connectivity index (χ0n) is 14.3. The first-order chi connectivity index (χ1) is 11.5. The average molecular weight is 340 g/mol. The average Bonchev–Trinajstić information content (AvgIpc) is 2.92. The molecule has 2 aromatic carbocycles. The molecule has 0 radical (unpaired) electrons. The van der Waals surface area contributed by atoms with Gasteiger partial charge in [-0.1, -0.05) is 17.4 Å².